The zero-order chi connectivity index (χ0) is 13.4. The summed E-state index contributed by atoms with van der Waals surface area (Å²) in [6.07, 6.45) is 0. The number of nitrogens with zero attached hydrogens (tertiary/aromatic N) is 1. The number of hydrogen-bond donors (Lipinski definition) is 2. The first-order valence-electron chi connectivity index (χ1n) is 5.80. The number of hydrogen-bond acceptors (Lipinski definition) is 4. The summed E-state index contributed by atoms with van der Waals surface area (Å²) >= 11 is 1.54. The number of fused-ring (bicyclic) bond motifs is 1. The summed E-state index contributed by atoms with van der Waals surface area (Å²) in [5.41, 5.74) is 11.2. The van der Waals surface area contributed by atoms with Crippen LogP contribution in [-0.2, 0) is 0 Å². The number of nitrogens with one attached hydrogen (secondary N) is 1. The van der Waals surface area contributed by atoms with Gasteiger partial charge in [0.25, 0.3) is 0 Å². The highest BCUT2D eigenvalue weighted by Gasteiger charge is 2.07. The van der Waals surface area contributed by atoms with Crippen LogP contribution in [0.15, 0.2) is 35.8 Å². The lowest BCUT2D eigenvalue weighted by atomic mass is 10.2. The van der Waals surface area contributed by atoms with Gasteiger partial charge in [-0.1, -0.05) is 6.07 Å². The fraction of sp³-hybridized carbons (Fsp3) is 0.0714. The Kier molecular flexibility index (Phi) is 2.83. The second-order valence-corrected chi connectivity index (χ2v) is 5.20. The number of rotatable bonds is 2. The highest BCUT2D eigenvalue weighted by atomic mass is 32.1. The number of benzene rings is 2. The van der Waals surface area contributed by atoms with E-state index in [0.717, 1.165) is 15.9 Å². The topological polar surface area (TPSA) is 50.9 Å². The SMILES string of the molecule is Cc1ccc(Nc2ccc3scnc3c2N)cc1F. The molecule has 5 heteroatoms. The Morgan fingerprint density at radius 2 is 2.11 bits per heavy atom. The minimum atomic E-state index is -0.238. The van der Waals surface area contributed by atoms with E-state index < -0.39 is 0 Å². The molecule has 0 aliphatic rings. The molecule has 3 N–H and O–H groups in total. The molecule has 19 heavy (non-hydrogen) atoms. The standard InChI is InChI=1S/C14H12FN3S/c1-8-2-3-9(6-10(8)15)18-11-4-5-12-14(13(11)16)17-7-19-12/h2-7,18H,16H2,1H3. The fourth-order valence-electron chi connectivity index (χ4n) is 1.89. The van der Waals surface area contributed by atoms with Gasteiger partial charge in [0.05, 0.1) is 21.6 Å². The molecule has 0 amide bonds. The summed E-state index contributed by atoms with van der Waals surface area (Å²) in [4.78, 5) is 4.23. The molecule has 3 aromatic rings. The Morgan fingerprint density at radius 3 is 2.89 bits per heavy atom. The molecule has 0 saturated carbocycles. The fourth-order valence-corrected chi connectivity index (χ4v) is 2.58. The molecule has 0 aliphatic carbocycles. The Balaban J connectivity index is 2.00. The van der Waals surface area contributed by atoms with Crippen LogP contribution in [0.25, 0.3) is 10.2 Å². The monoisotopic (exact) mass is 273 g/mol. The molecule has 3 nitrogen and oxygen atoms in total. The van der Waals surface area contributed by atoms with Crippen LogP contribution in [0.3, 0.4) is 0 Å². The minimum Gasteiger partial charge on any atom is -0.395 e. The number of anilines is 3. The van der Waals surface area contributed by atoms with E-state index in [1.807, 2.05) is 18.2 Å². The number of aromatic nitrogens is 1. The van der Waals surface area contributed by atoms with Crippen molar-refractivity contribution >= 4 is 38.6 Å². The van der Waals surface area contributed by atoms with E-state index in [9.17, 15) is 4.39 Å². The highest BCUT2D eigenvalue weighted by Crippen LogP contribution is 2.32. The van der Waals surface area contributed by atoms with E-state index in [2.05, 4.69) is 10.3 Å². The highest BCUT2D eigenvalue weighted by molar-refractivity contribution is 7.16. The maximum Gasteiger partial charge on any atom is 0.128 e. The molecule has 1 heterocycles. The van der Waals surface area contributed by atoms with Crippen LogP contribution >= 0.6 is 11.3 Å². The summed E-state index contributed by atoms with van der Waals surface area (Å²) < 4.78 is 14.5. The lowest BCUT2D eigenvalue weighted by Crippen LogP contribution is -1.97. The summed E-state index contributed by atoms with van der Waals surface area (Å²) in [5, 5.41) is 3.12. The Hall–Kier alpha value is -2.14. The zero-order valence-corrected chi connectivity index (χ0v) is 11.1. The third-order valence-electron chi connectivity index (χ3n) is 2.99. The molecule has 0 fully saturated rings. The third kappa shape index (κ3) is 2.13. The first-order valence-corrected chi connectivity index (χ1v) is 6.68. The number of aryl methyl sites for hydroxylation is 1. The van der Waals surface area contributed by atoms with Gasteiger partial charge in [0.1, 0.15) is 11.3 Å². The van der Waals surface area contributed by atoms with Crippen molar-refractivity contribution in [1.29, 1.82) is 0 Å². The van der Waals surface area contributed by atoms with Crippen molar-refractivity contribution in [3.05, 3.63) is 47.2 Å². The van der Waals surface area contributed by atoms with Crippen LogP contribution in [0.4, 0.5) is 21.5 Å². The van der Waals surface area contributed by atoms with Gasteiger partial charge in [0.15, 0.2) is 0 Å². The predicted molar refractivity (Wildman–Crippen MR) is 78.5 cm³/mol. The molecule has 0 bridgehead atoms. The van der Waals surface area contributed by atoms with Crippen LogP contribution < -0.4 is 11.1 Å². The lowest BCUT2D eigenvalue weighted by Gasteiger charge is -2.10. The third-order valence-corrected chi connectivity index (χ3v) is 3.79. The molecule has 0 radical (unpaired) electrons. The Morgan fingerprint density at radius 1 is 1.26 bits per heavy atom. The molecule has 0 saturated heterocycles. The van der Waals surface area contributed by atoms with E-state index in [-0.39, 0.29) is 5.82 Å². The maximum atomic E-state index is 13.5. The second-order valence-electron chi connectivity index (χ2n) is 4.31. The van der Waals surface area contributed by atoms with Crippen molar-refractivity contribution in [2.45, 2.75) is 6.92 Å². The number of halogens is 1. The van der Waals surface area contributed by atoms with Gasteiger partial charge in [0.2, 0.25) is 0 Å². The normalized spacial score (nSPS) is 10.8. The summed E-state index contributed by atoms with van der Waals surface area (Å²) in [6, 6.07) is 8.85. The Bertz CT molecular complexity index is 752. The number of nitrogen functional groups attached to an aromatic ring is 1. The Labute approximate surface area is 113 Å². The zero-order valence-electron chi connectivity index (χ0n) is 10.3. The molecule has 0 spiro atoms. The van der Waals surface area contributed by atoms with Gasteiger partial charge in [-0.2, -0.15) is 0 Å². The van der Waals surface area contributed by atoms with E-state index in [0.29, 0.717) is 16.9 Å². The summed E-state index contributed by atoms with van der Waals surface area (Å²) in [6.45, 7) is 1.73. The predicted octanol–water partition coefficient (Wildman–Crippen LogP) is 4.07. The van der Waals surface area contributed by atoms with Crippen LogP contribution in [-0.4, -0.2) is 4.98 Å². The lowest BCUT2D eigenvalue weighted by molar-refractivity contribution is 0.619. The van der Waals surface area contributed by atoms with Gasteiger partial charge < -0.3 is 11.1 Å². The van der Waals surface area contributed by atoms with Gasteiger partial charge in [-0.25, -0.2) is 9.37 Å². The van der Waals surface area contributed by atoms with Gasteiger partial charge >= 0.3 is 0 Å². The molecule has 0 atom stereocenters. The van der Waals surface area contributed by atoms with Crippen molar-refractivity contribution in [3.8, 4) is 0 Å². The molecule has 0 unspecified atom stereocenters. The van der Waals surface area contributed by atoms with Crippen LogP contribution in [0.1, 0.15) is 5.56 Å². The quantitative estimate of drug-likeness (QED) is 0.692. The van der Waals surface area contributed by atoms with Crippen LogP contribution in [0.5, 0.6) is 0 Å². The van der Waals surface area contributed by atoms with Crippen molar-refractivity contribution in [3.63, 3.8) is 0 Å². The maximum absolute atomic E-state index is 13.5. The molecule has 96 valence electrons. The first kappa shape index (κ1) is 11.9. The van der Waals surface area contributed by atoms with Gasteiger partial charge in [-0.15, -0.1) is 11.3 Å². The van der Waals surface area contributed by atoms with E-state index in [1.165, 1.54) is 6.07 Å². The molecule has 0 aliphatic heterocycles. The average molecular weight is 273 g/mol. The first-order chi connectivity index (χ1) is 9.15. The minimum absolute atomic E-state index is 0.238. The largest absolute Gasteiger partial charge is 0.395 e. The van der Waals surface area contributed by atoms with E-state index in [4.69, 9.17) is 5.73 Å². The number of thiazole rings is 1. The van der Waals surface area contributed by atoms with E-state index >= 15 is 0 Å². The molecular formula is C14H12FN3S. The molecule has 1 aromatic heterocycles. The van der Waals surface area contributed by atoms with Crippen LogP contribution in [0, 0.1) is 12.7 Å². The number of nitrogens with two attached hydrogens (primary N) is 1. The van der Waals surface area contributed by atoms with E-state index in [1.54, 1.807) is 29.8 Å². The van der Waals surface area contributed by atoms with Crippen molar-refractivity contribution in [2.75, 3.05) is 11.1 Å². The van der Waals surface area contributed by atoms with Crippen LogP contribution in [0.2, 0.25) is 0 Å². The van der Waals surface area contributed by atoms with Gasteiger partial charge in [-0.3, -0.25) is 0 Å². The second kappa shape index (κ2) is 4.51. The summed E-state index contributed by atoms with van der Waals surface area (Å²) in [7, 11) is 0. The van der Waals surface area contributed by atoms with Crippen molar-refractivity contribution < 1.29 is 4.39 Å². The summed E-state index contributed by atoms with van der Waals surface area (Å²) in [5.74, 6) is -0.238. The molecule has 3 rings (SSSR count). The molecule has 2 aromatic carbocycles. The van der Waals surface area contributed by atoms with Gasteiger partial charge in [-0.05, 0) is 36.8 Å². The smallest absolute Gasteiger partial charge is 0.128 e. The average Bonchev–Trinajstić information content (AvgIpc) is 2.86. The van der Waals surface area contributed by atoms with Crippen molar-refractivity contribution in [1.82, 2.24) is 4.98 Å². The van der Waals surface area contributed by atoms with Crippen molar-refractivity contribution in [2.24, 2.45) is 0 Å². The molecular weight excluding hydrogens is 261 g/mol. The van der Waals surface area contributed by atoms with Gasteiger partial charge in [0, 0.05) is 5.69 Å².